The number of amides is 2. The van der Waals surface area contributed by atoms with Crippen LogP contribution in [0.3, 0.4) is 0 Å². The first-order chi connectivity index (χ1) is 9.69. The molecule has 0 radical (unpaired) electrons. The fourth-order valence-electron chi connectivity index (χ4n) is 1.43. The van der Waals surface area contributed by atoms with Crippen LogP contribution in [0.5, 0.6) is 5.75 Å². The number of hydrogen-bond donors (Lipinski definition) is 2. The van der Waals surface area contributed by atoms with Crippen molar-refractivity contribution in [3.8, 4) is 5.75 Å². The summed E-state index contributed by atoms with van der Waals surface area (Å²) < 4.78 is 6.22. The molecule has 2 rings (SSSR count). The van der Waals surface area contributed by atoms with Crippen molar-refractivity contribution >= 4 is 11.8 Å². The molecule has 0 unspecified atom stereocenters. The van der Waals surface area contributed by atoms with Gasteiger partial charge in [-0.25, -0.2) is 4.68 Å². The lowest BCUT2D eigenvalue weighted by Crippen LogP contribution is -2.38. The van der Waals surface area contributed by atoms with E-state index in [4.69, 9.17) is 4.74 Å². The average molecular weight is 275 g/mol. The predicted molar refractivity (Wildman–Crippen MR) is 69.2 cm³/mol. The van der Waals surface area contributed by atoms with Crippen molar-refractivity contribution in [2.45, 2.75) is 6.54 Å². The van der Waals surface area contributed by atoms with E-state index in [-0.39, 0.29) is 6.54 Å². The summed E-state index contributed by atoms with van der Waals surface area (Å²) in [6.45, 7) is 0.248. The van der Waals surface area contributed by atoms with Crippen LogP contribution in [0.2, 0.25) is 0 Å². The number of nitrogens with zero attached hydrogens (tertiary/aromatic N) is 3. The Kier molecular flexibility index (Phi) is 4.28. The summed E-state index contributed by atoms with van der Waals surface area (Å²) in [4.78, 5) is 23.1. The molecule has 0 saturated carbocycles. The number of carbonyl (C=O) groups excluding carboxylic acids is 2. The Labute approximate surface area is 114 Å². The molecule has 2 N–H and O–H groups in total. The van der Waals surface area contributed by atoms with Gasteiger partial charge in [0.1, 0.15) is 18.4 Å². The van der Waals surface area contributed by atoms with Gasteiger partial charge in [-0.3, -0.25) is 15.0 Å². The van der Waals surface area contributed by atoms with Crippen molar-refractivity contribution in [1.29, 1.82) is 0 Å². The zero-order valence-corrected chi connectivity index (χ0v) is 10.7. The highest BCUT2D eigenvalue weighted by molar-refractivity contribution is 6.38. The molecule has 1 aromatic heterocycles. The molecule has 0 fully saturated rings. The van der Waals surface area contributed by atoms with Crippen LogP contribution in [0, 0.1) is 0 Å². The number of rotatable bonds is 4. The molecule has 0 bridgehead atoms. The molecule has 0 saturated heterocycles. The number of carbonyl (C=O) groups is 2. The van der Waals surface area contributed by atoms with E-state index in [1.807, 2.05) is 0 Å². The highest BCUT2D eigenvalue weighted by atomic mass is 16.5. The number of hydrogen-bond acceptors (Lipinski definition) is 5. The lowest BCUT2D eigenvalue weighted by atomic mass is 10.2. The minimum atomic E-state index is -0.793. The summed E-state index contributed by atoms with van der Waals surface area (Å²) in [6, 6.07) is 7.16. The predicted octanol–water partition coefficient (Wildman–Crippen LogP) is -0.327. The van der Waals surface area contributed by atoms with E-state index in [1.54, 1.807) is 31.4 Å². The van der Waals surface area contributed by atoms with Crippen molar-refractivity contribution in [1.82, 2.24) is 20.2 Å². The van der Waals surface area contributed by atoms with Gasteiger partial charge in [-0.1, -0.05) is 12.1 Å². The van der Waals surface area contributed by atoms with Gasteiger partial charge < -0.3 is 10.1 Å². The summed E-state index contributed by atoms with van der Waals surface area (Å²) in [5, 5.41) is 9.50. The van der Waals surface area contributed by atoms with E-state index in [0.29, 0.717) is 0 Å². The molecule has 0 aliphatic rings. The molecule has 0 aliphatic carbocycles. The molecule has 104 valence electrons. The third-order valence-electron chi connectivity index (χ3n) is 2.47. The first kappa shape index (κ1) is 13.5. The van der Waals surface area contributed by atoms with Crippen molar-refractivity contribution in [2.24, 2.45) is 0 Å². The maximum Gasteiger partial charge on any atom is 0.328 e. The summed E-state index contributed by atoms with van der Waals surface area (Å²) in [5.41, 5.74) is 3.15. The van der Waals surface area contributed by atoms with Crippen LogP contribution < -0.4 is 15.5 Å². The summed E-state index contributed by atoms with van der Waals surface area (Å²) in [6.07, 6.45) is 2.54. The molecule has 8 nitrogen and oxygen atoms in total. The monoisotopic (exact) mass is 275 g/mol. The fourth-order valence-corrected chi connectivity index (χ4v) is 1.43. The van der Waals surface area contributed by atoms with Gasteiger partial charge in [-0.05, 0) is 17.7 Å². The minimum absolute atomic E-state index is 0.248. The Morgan fingerprint density at radius 2 is 1.80 bits per heavy atom. The zero-order valence-electron chi connectivity index (χ0n) is 10.7. The standard InChI is InChI=1S/C12H13N5O3/c1-20-10-4-2-9(3-5-10)6-13-11(18)12(19)16-17-7-14-15-8-17/h2-5,7-8H,6H2,1H3,(H,13,18)(H,16,19). The third-order valence-corrected chi connectivity index (χ3v) is 2.47. The number of ether oxygens (including phenoxy) is 1. The largest absolute Gasteiger partial charge is 0.497 e. The maximum atomic E-state index is 11.6. The molecule has 1 heterocycles. The molecule has 0 spiro atoms. The van der Waals surface area contributed by atoms with Crippen LogP contribution in [0.25, 0.3) is 0 Å². The quantitative estimate of drug-likeness (QED) is 0.745. The van der Waals surface area contributed by atoms with Gasteiger partial charge in [-0.15, -0.1) is 10.2 Å². The van der Waals surface area contributed by atoms with Crippen LogP contribution in [0.1, 0.15) is 5.56 Å². The van der Waals surface area contributed by atoms with Gasteiger partial charge in [-0.2, -0.15) is 0 Å². The molecule has 0 aliphatic heterocycles. The van der Waals surface area contributed by atoms with Gasteiger partial charge in [0.25, 0.3) is 0 Å². The molecule has 20 heavy (non-hydrogen) atoms. The summed E-state index contributed by atoms with van der Waals surface area (Å²) in [7, 11) is 1.58. The van der Waals surface area contributed by atoms with Crippen LogP contribution in [-0.2, 0) is 16.1 Å². The normalized spacial score (nSPS) is 9.85. The van der Waals surface area contributed by atoms with Crippen LogP contribution in [-0.4, -0.2) is 33.8 Å². The van der Waals surface area contributed by atoms with Gasteiger partial charge in [0.2, 0.25) is 0 Å². The molecule has 2 amide bonds. The van der Waals surface area contributed by atoms with Crippen molar-refractivity contribution in [3.05, 3.63) is 42.5 Å². The number of aromatic nitrogens is 3. The zero-order chi connectivity index (χ0) is 14.4. The molecular weight excluding hydrogens is 262 g/mol. The van der Waals surface area contributed by atoms with Crippen molar-refractivity contribution in [3.63, 3.8) is 0 Å². The lowest BCUT2D eigenvalue weighted by molar-refractivity contribution is -0.136. The summed E-state index contributed by atoms with van der Waals surface area (Å²) in [5.74, 6) is -0.807. The van der Waals surface area contributed by atoms with Crippen LogP contribution >= 0.6 is 0 Å². The van der Waals surface area contributed by atoms with E-state index in [0.717, 1.165) is 11.3 Å². The second-order valence-electron chi connectivity index (χ2n) is 3.84. The molecule has 1 aromatic carbocycles. The van der Waals surface area contributed by atoms with Crippen molar-refractivity contribution in [2.75, 3.05) is 12.5 Å². The van der Waals surface area contributed by atoms with Gasteiger partial charge in [0.15, 0.2) is 0 Å². The average Bonchev–Trinajstić information content (AvgIpc) is 2.98. The molecule has 2 aromatic rings. The van der Waals surface area contributed by atoms with Crippen molar-refractivity contribution < 1.29 is 14.3 Å². The number of benzene rings is 1. The first-order valence-electron chi connectivity index (χ1n) is 5.76. The number of methoxy groups -OCH3 is 1. The van der Waals surface area contributed by atoms with E-state index in [2.05, 4.69) is 20.9 Å². The molecule has 0 atom stereocenters. The second kappa shape index (κ2) is 6.32. The Bertz CT molecular complexity index is 580. The molecule has 8 heteroatoms. The van der Waals surface area contributed by atoms with Crippen LogP contribution in [0.4, 0.5) is 0 Å². The highest BCUT2D eigenvalue weighted by Crippen LogP contribution is 2.10. The Morgan fingerprint density at radius 3 is 2.40 bits per heavy atom. The van der Waals surface area contributed by atoms with Gasteiger partial charge in [0, 0.05) is 6.54 Å². The van der Waals surface area contributed by atoms with E-state index < -0.39 is 11.8 Å². The third kappa shape index (κ3) is 3.55. The molecular formula is C12H13N5O3. The summed E-state index contributed by atoms with van der Waals surface area (Å²) >= 11 is 0. The SMILES string of the molecule is COc1ccc(CNC(=O)C(=O)Nn2cnnc2)cc1. The fraction of sp³-hybridized carbons (Fsp3) is 0.167. The highest BCUT2D eigenvalue weighted by Gasteiger charge is 2.13. The van der Waals surface area contributed by atoms with E-state index >= 15 is 0 Å². The Balaban J connectivity index is 1.83. The Morgan fingerprint density at radius 1 is 1.15 bits per heavy atom. The van der Waals surface area contributed by atoms with Gasteiger partial charge >= 0.3 is 11.8 Å². The first-order valence-corrected chi connectivity index (χ1v) is 5.76. The van der Waals surface area contributed by atoms with E-state index in [9.17, 15) is 9.59 Å². The van der Waals surface area contributed by atoms with Crippen LogP contribution in [0.15, 0.2) is 36.9 Å². The second-order valence-corrected chi connectivity index (χ2v) is 3.84. The van der Waals surface area contributed by atoms with Gasteiger partial charge in [0.05, 0.1) is 7.11 Å². The topological polar surface area (TPSA) is 98.1 Å². The Hall–Kier alpha value is -2.90. The maximum absolute atomic E-state index is 11.6. The minimum Gasteiger partial charge on any atom is -0.497 e. The number of nitrogens with one attached hydrogen (secondary N) is 2. The van der Waals surface area contributed by atoms with E-state index in [1.165, 1.54) is 17.3 Å². The lowest BCUT2D eigenvalue weighted by Gasteiger charge is -2.07. The smallest absolute Gasteiger partial charge is 0.328 e.